The van der Waals surface area contributed by atoms with Crippen molar-refractivity contribution < 1.29 is 9.53 Å². The molecular formula is C16H17N5O2S. The van der Waals surface area contributed by atoms with Crippen LogP contribution in [0.3, 0.4) is 0 Å². The van der Waals surface area contributed by atoms with Gasteiger partial charge in [0.15, 0.2) is 5.11 Å². The van der Waals surface area contributed by atoms with Crippen LogP contribution in [-0.4, -0.2) is 32.7 Å². The minimum atomic E-state index is -0.504. The number of thiocarbonyl (C=S) groups is 1. The molecule has 0 unspecified atom stereocenters. The van der Waals surface area contributed by atoms with Crippen LogP contribution in [0, 0.1) is 0 Å². The molecule has 2 heterocycles. The average molecular weight is 343 g/mol. The molecule has 1 aromatic carbocycles. The lowest BCUT2D eigenvalue weighted by Crippen LogP contribution is -2.45. The van der Waals surface area contributed by atoms with Crippen molar-refractivity contribution >= 4 is 23.3 Å². The van der Waals surface area contributed by atoms with Gasteiger partial charge in [-0.25, -0.2) is 4.79 Å². The molecule has 0 saturated heterocycles. The van der Waals surface area contributed by atoms with Crippen molar-refractivity contribution in [3.05, 3.63) is 53.5 Å². The Balaban J connectivity index is 1.97. The molecule has 0 radical (unpaired) electrons. The predicted octanol–water partition coefficient (Wildman–Crippen LogP) is 1.62. The van der Waals surface area contributed by atoms with Gasteiger partial charge in [0.1, 0.15) is 11.7 Å². The number of allylic oxidation sites excluding steroid dienone is 1. The minimum absolute atomic E-state index is 0.295. The summed E-state index contributed by atoms with van der Waals surface area (Å²) < 4.78 is 5.16. The molecule has 1 atom stereocenters. The van der Waals surface area contributed by atoms with Crippen LogP contribution < -0.4 is 10.6 Å². The van der Waals surface area contributed by atoms with E-state index in [1.165, 1.54) is 4.80 Å². The first kappa shape index (κ1) is 16.1. The summed E-state index contributed by atoms with van der Waals surface area (Å²) in [5.41, 5.74) is 2.52. The van der Waals surface area contributed by atoms with E-state index < -0.39 is 12.0 Å². The molecular weight excluding hydrogens is 326 g/mol. The van der Waals surface area contributed by atoms with Crippen LogP contribution in [0.2, 0.25) is 0 Å². The summed E-state index contributed by atoms with van der Waals surface area (Å²) in [7, 11) is 0. The fourth-order valence-electron chi connectivity index (χ4n) is 2.49. The normalized spacial score (nSPS) is 17.2. The third kappa shape index (κ3) is 3.13. The number of nitrogens with one attached hydrogen (secondary N) is 2. The van der Waals surface area contributed by atoms with Gasteiger partial charge in [0.25, 0.3) is 0 Å². The smallest absolute Gasteiger partial charge is 0.338 e. The van der Waals surface area contributed by atoms with Gasteiger partial charge in [0.05, 0.1) is 24.1 Å². The largest absolute Gasteiger partial charge is 0.463 e. The van der Waals surface area contributed by atoms with E-state index in [9.17, 15) is 4.79 Å². The SMILES string of the molecule is CCOC(=O)C1=C(C)NC(=S)N[C@H]1c1cnn(-c2ccccc2)n1. The molecule has 0 fully saturated rings. The van der Waals surface area contributed by atoms with Gasteiger partial charge in [-0.05, 0) is 38.2 Å². The third-order valence-corrected chi connectivity index (χ3v) is 3.78. The number of carbonyl (C=O) groups is 1. The molecule has 24 heavy (non-hydrogen) atoms. The maximum absolute atomic E-state index is 12.3. The monoisotopic (exact) mass is 343 g/mol. The summed E-state index contributed by atoms with van der Waals surface area (Å²) in [6.07, 6.45) is 1.62. The Morgan fingerprint density at radius 1 is 1.38 bits per heavy atom. The van der Waals surface area contributed by atoms with Crippen LogP contribution in [0.25, 0.3) is 5.69 Å². The quantitative estimate of drug-likeness (QED) is 0.645. The topological polar surface area (TPSA) is 81.1 Å². The Kier molecular flexibility index (Phi) is 4.57. The Labute approximate surface area is 144 Å². The number of nitrogens with zero attached hydrogens (tertiary/aromatic N) is 3. The predicted molar refractivity (Wildman–Crippen MR) is 92.3 cm³/mol. The van der Waals surface area contributed by atoms with E-state index in [1.807, 2.05) is 30.3 Å². The first-order chi connectivity index (χ1) is 11.6. The number of para-hydroxylation sites is 1. The standard InChI is InChI=1S/C16H17N5O2S/c1-3-23-15(22)13-10(2)18-16(24)19-14(13)12-9-17-21(20-12)11-7-5-4-6-8-11/h4-9,14H,3H2,1-2H3,(H2,18,19,24)/t14-/m0/s1. The summed E-state index contributed by atoms with van der Waals surface area (Å²) in [5, 5.41) is 15.2. The van der Waals surface area contributed by atoms with E-state index in [4.69, 9.17) is 17.0 Å². The second-order valence-corrected chi connectivity index (χ2v) is 5.59. The molecule has 1 aromatic heterocycles. The van der Waals surface area contributed by atoms with Crippen molar-refractivity contribution in [2.24, 2.45) is 0 Å². The molecule has 0 aliphatic carbocycles. The van der Waals surface area contributed by atoms with Gasteiger partial charge in [-0.15, -0.1) is 0 Å². The van der Waals surface area contributed by atoms with Gasteiger partial charge in [0, 0.05) is 5.70 Å². The maximum atomic E-state index is 12.3. The summed E-state index contributed by atoms with van der Waals surface area (Å²) in [4.78, 5) is 13.8. The summed E-state index contributed by atoms with van der Waals surface area (Å²) in [6.45, 7) is 3.85. The van der Waals surface area contributed by atoms with Gasteiger partial charge in [-0.2, -0.15) is 15.0 Å². The molecule has 124 valence electrons. The van der Waals surface area contributed by atoms with Crippen molar-refractivity contribution in [1.82, 2.24) is 25.6 Å². The number of hydrogen-bond acceptors (Lipinski definition) is 5. The third-order valence-electron chi connectivity index (χ3n) is 3.56. The number of ether oxygens (including phenoxy) is 1. The number of aromatic nitrogens is 3. The molecule has 0 amide bonds. The summed E-state index contributed by atoms with van der Waals surface area (Å²) in [6, 6.07) is 9.03. The lowest BCUT2D eigenvalue weighted by Gasteiger charge is -2.28. The minimum Gasteiger partial charge on any atom is -0.463 e. The maximum Gasteiger partial charge on any atom is 0.338 e. The van der Waals surface area contributed by atoms with Crippen molar-refractivity contribution in [1.29, 1.82) is 0 Å². The van der Waals surface area contributed by atoms with Crippen LogP contribution in [0.15, 0.2) is 47.8 Å². The number of carbonyl (C=O) groups excluding carboxylic acids is 1. The van der Waals surface area contributed by atoms with Crippen LogP contribution in [0.5, 0.6) is 0 Å². The first-order valence-electron chi connectivity index (χ1n) is 7.53. The van der Waals surface area contributed by atoms with E-state index in [0.29, 0.717) is 28.7 Å². The van der Waals surface area contributed by atoms with Crippen molar-refractivity contribution in [3.8, 4) is 5.69 Å². The first-order valence-corrected chi connectivity index (χ1v) is 7.94. The van der Waals surface area contributed by atoms with Crippen LogP contribution in [0.1, 0.15) is 25.6 Å². The Morgan fingerprint density at radius 2 is 2.12 bits per heavy atom. The van der Waals surface area contributed by atoms with Crippen LogP contribution in [0.4, 0.5) is 0 Å². The van der Waals surface area contributed by atoms with E-state index in [0.717, 1.165) is 5.69 Å². The lowest BCUT2D eigenvalue weighted by molar-refractivity contribution is -0.139. The van der Waals surface area contributed by atoms with Gasteiger partial charge in [-0.3, -0.25) is 0 Å². The molecule has 0 spiro atoms. The fourth-order valence-corrected chi connectivity index (χ4v) is 2.76. The van der Waals surface area contributed by atoms with E-state index >= 15 is 0 Å². The van der Waals surface area contributed by atoms with Crippen molar-refractivity contribution in [3.63, 3.8) is 0 Å². The lowest BCUT2D eigenvalue weighted by atomic mass is 10.0. The molecule has 0 bridgehead atoms. The zero-order valence-electron chi connectivity index (χ0n) is 13.3. The summed E-state index contributed by atoms with van der Waals surface area (Å²) >= 11 is 5.20. The molecule has 1 aliphatic heterocycles. The molecule has 2 aromatic rings. The fraction of sp³-hybridized carbons (Fsp3) is 0.250. The van der Waals surface area contributed by atoms with Crippen LogP contribution >= 0.6 is 12.2 Å². The van der Waals surface area contributed by atoms with Crippen LogP contribution in [-0.2, 0) is 9.53 Å². The second kappa shape index (κ2) is 6.79. The van der Waals surface area contributed by atoms with E-state index in [2.05, 4.69) is 20.8 Å². The second-order valence-electron chi connectivity index (χ2n) is 5.19. The summed E-state index contributed by atoms with van der Waals surface area (Å²) in [5.74, 6) is -0.406. The Hall–Kier alpha value is -2.74. The highest BCUT2D eigenvalue weighted by molar-refractivity contribution is 7.80. The molecule has 8 heteroatoms. The molecule has 1 aliphatic rings. The highest BCUT2D eigenvalue weighted by atomic mass is 32.1. The van der Waals surface area contributed by atoms with Gasteiger partial charge < -0.3 is 15.4 Å². The zero-order valence-corrected chi connectivity index (χ0v) is 14.1. The molecule has 7 nitrogen and oxygen atoms in total. The van der Waals surface area contributed by atoms with E-state index in [1.54, 1.807) is 20.0 Å². The van der Waals surface area contributed by atoms with Gasteiger partial charge in [0.2, 0.25) is 0 Å². The molecule has 3 rings (SSSR count). The van der Waals surface area contributed by atoms with Crippen molar-refractivity contribution in [2.45, 2.75) is 19.9 Å². The van der Waals surface area contributed by atoms with Gasteiger partial charge >= 0.3 is 5.97 Å². The Morgan fingerprint density at radius 3 is 2.83 bits per heavy atom. The molecule has 0 saturated carbocycles. The molecule has 2 N–H and O–H groups in total. The number of benzene rings is 1. The zero-order chi connectivity index (χ0) is 17.1. The van der Waals surface area contributed by atoms with E-state index in [-0.39, 0.29) is 0 Å². The average Bonchev–Trinajstić information content (AvgIpc) is 3.05. The Bertz CT molecular complexity index is 800. The number of hydrogen-bond donors (Lipinski definition) is 2. The van der Waals surface area contributed by atoms with Crippen molar-refractivity contribution in [2.75, 3.05) is 6.61 Å². The highest BCUT2D eigenvalue weighted by Gasteiger charge is 2.32. The highest BCUT2D eigenvalue weighted by Crippen LogP contribution is 2.26. The number of rotatable bonds is 4. The van der Waals surface area contributed by atoms with Gasteiger partial charge in [-0.1, -0.05) is 18.2 Å². The number of esters is 1.